The summed E-state index contributed by atoms with van der Waals surface area (Å²) in [6.45, 7) is 7.10. The van der Waals surface area contributed by atoms with Crippen LogP contribution in [0.5, 0.6) is 0 Å². The van der Waals surface area contributed by atoms with Gasteiger partial charge in [0.25, 0.3) is 5.91 Å². The fourth-order valence-electron chi connectivity index (χ4n) is 5.80. The van der Waals surface area contributed by atoms with E-state index in [4.69, 9.17) is 16.3 Å². The summed E-state index contributed by atoms with van der Waals surface area (Å²) in [7, 11) is 1.66. The third-order valence-corrected chi connectivity index (χ3v) is 8.19. The van der Waals surface area contributed by atoms with Crippen molar-refractivity contribution < 1.29 is 32.3 Å². The van der Waals surface area contributed by atoms with E-state index in [0.717, 1.165) is 23.8 Å². The molecule has 2 aromatic carbocycles. The lowest BCUT2D eigenvalue weighted by molar-refractivity contribution is -0.119. The molecule has 234 valence electrons. The number of aromatic nitrogens is 2. The van der Waals surface area contributed by atoms with Crippen LogP contribution in [0.1, 0.15) is 67.3 Å². The largest absolute Gasteiger partial charge is 0.444 e. The molecule has 1 fully saturated rings. The van der Waals surface area contributed by atoms with E-state index in [2.05, 4.69) is 10.4 Å². The Morgan fingerprint density at radius 1 is 1.11 bits per heavy atom. The first kappa shape index (κ1) is 31.4. The normalized spacial score (nSPS) is 18.2. The lowest BCUT2D eigenvalue weighted by Gasteiger charge is -2.34. The number of fused-ring (bicyclic) bond motifs is 1. The van der Waals surface area contributed by atoms with Gasteiger partial charge in [0, 0.05) is 43.8 Å². The van der Waals surface area contributed by atoms with E-state index in [1.807, 2.05) is 0 Å². The van der Waals surface area contributed by atoms with E-state index in [0.29, 0.717) is 23.4 Å². The zero-order chi connectivity index (χ0) is 32.1. The van der Waals surface area contributed by atoms with Gasteiger partial charge < -0.3 is 15.0 Å². The summed E-state index contributed by atoms with van der Waals surface area (Å²) in [6, 6.07) is 4.34. The summed E-state index contributed by atoms with van der Waals surface area (Å²) in [5, 5.41) is 7.22. The van der Waals surface area contributed by atoms with Crippen molar-refractivity contribution in [3.8, 4) is 11.3 Å². The molecule has 13 heteroatoms. The van der Waals surface area contributed by atoms with Crippen LogP contribution in [-0.4, -0.2) is 62.2 Å². The van der Waals surface area contributed by atoms with E-state index in [9.17, 15) is 23.2 Å². The molecule has 1 saturated heterocycles. The Morgan fingerprint density at radius 3 is 2.39 bits per heavy atom. The second kappa shape index (κ2) is 11.8. The van der Waals surface area contributed by atoms with Gasteiger partial charge >= 0.3 is 6.09 Å². The number of nitrogens with zero attached hydrogens (tertiary/aromatic N) is 4. The van der Waals surface area contributed by atoms with Crippen molar-refractivity contribution in [2.45, 2.75) is 64.8 Å². The number of hydrogen-bond donors (Lipinski definition) is 1. The maximum absolute atomic E-state index is 15.0. The van der Waals surface area contributed by atoms with Crippen LogP contribution >= 0.6 is 11.6 Å². The fourth-order valence-corrected chi connectivity index (χ4v) is 6.05. The van der Waals surface area contributed by atoms with Crippen LogP contribution in [0.25, 0.3) is 11.3 Å². The predicted octanol–water partition coefficient (Wildman–Crippen LogP) is 5.54. The van der Waals surface area contributed by atoms with Crippen molar-refractivity contribution in [1.82, 2.24) is 24.9 Å². The topological polar surface area (TPSA) is 96.8 Å². The summed E-state index contributed by atoms with van der Waals surface area (Å²) in [5.41, 5.74) is 1.45. The average molecular weight is 632 g/mol. The molecule has 2 atom stereocenters. The maximum atomic E-state index is 15.0. The molecule has 0 aliphatic carbocycles. The van der Waals surface area contributed by atoms with Gasteiger partial charge in [0.05, 0.1) is 40.6 Å². The number of rotatable bonds is 5. The number of halogens is 4. The summed E-state index contributed by atoms with van der Waals surface area (Å²) in [5.74, 6) is -2.93. The molecule has 2 aliphatic heterocycles. The quantitative estimate of drug-likeness (QED) is 0.399. The Hall–Kier alpha value is -4.06. The highest BCUT2D eigenvalue weighted by Gasteiger charge is 2.37. The van der Waals surface area contributed by atoms with E-state index in [-0.39, 0.29) is 48.1 Å². The van der Waals surface area contributed by atoms with E-state index < -0.39 is 47.1 Å². The van der Waals surface area contributed by atoms with Crippen LogP contribution in [-0.2, 0) is 29.5 Å². The SMILES string of the molecule is CC1c2nn(C)c(-c3cc(F)cc(F)c3)c2CCN1C(=O)c1cc(F)cc(CN(C(=O)OC(C)(C)C)C2CNC(=O)C2)c1Cl. The Balaban J connectivity index is 1.44. The van der Waals surface area contributed by atoms with Crippen molar-refractivity contribution in [3.05, 3.63) is 75.2 Å². The van der Waals surface area contributed by atoms with Gasteiger partial charge in [-0.25, -0.2) is 18.0 Å². The third-order valence-electron chi connectivity index (χ3n) is 7.75. The van der Waals surface area contributed by atoms with Gasteiger partial charge in [-0.05, 0) is 63.9 Å². The van der Waals surface area contributed by atoms with E-state index >= 15 is 4.39 Å². The van der Waals surface area contributed by atoms with E-state index in [1.54, 1.807) is 34.7 Å². The molecule has 3 heterocycles. The van der Waals surface area contributed by atoms with Crippen LogP contribution in [0.2, 0.25) is 5.02 Å². The molecule has 3 aromatic rings. The molecular formula is C31H33ClF3N5O4. The number of hydrogen-bond acceptors (Lipinski definition) is 5. The van der Waals surface area contributed by atoms with Crippen molar-refractivity contribution >= 4 is 29.5 Å². The van der Waals surface area contributed by atoms with Crippen molar-refractivity contribution in [2.75, 3.05) is 13.1 Å². The molecule has 44 heavy (non-hydrogen) atoms. The Labute approximate surface area is 257 Å². The third kappa shape index (κ3) is 6.26. The maximum Gasteiger partial charge on any atom is 0.410 e. The van der Waals surface area contributed by atoms with Gasteiger partial charge in [-0.15, -0.1) is 0 Å². The van der Waals surface area contributed by atoms with Gasteiger partial charge in [-0.3, -0.25) is 19.2 Å². The minimum Gasteiger partial charge on any atom is -0.444 e. The molecule has 0 bridgehead atoms. The molecule has 0 saturated carbocycles. The zero-order valence-corrected chi connectivity index (χ0v) is 25.8. The number of carbonyl (C=O) groups excluding carboxylic acids is 3. The molecule has 2 unspecified atom stereocenters. The van der Waals surface area contributed by atoms with Gasteiger partial charge in [0.15, 0.2) is 0 Å². The molecule has 1 aromatic heterocycles. The van der Waals surface area contributed by atoms with Crippen molar-refractivity contribution in [2.24, 2.45) is 7.05 Å². The summed E-state index contributed by atoms with van der Waals surface area (Å²) in [4.78, 5) is 41.8. The first-order valence-corrected chi connectivity index (χ1v) is 14.6. The van der Waals surface area contributed by atoms with Crippen molar-refractivity contribution in [3.63, 3.8) is 0 Å². The van der Waals surface area contributed by atoms with Crippen LogP contribution in [0.3, 0.4) is 0 Å². The van der Waals surface area contributed by atoms with Gasteiger partial charge in [0.2, 0.25) is 5.91 Å². The molecule has 5 rings (SSSR count). The number of aryl methyl sites for hydroxylation is 1. The van der Waals surface area contributed by atoms with Gasteiger partial charge in [-0.2, -0.15) is 5.10 Å². The minimum atomic E-state index is -0.824. The molecular weight excluding hydrogens is 599 g/mol. The Morgan fingerprint density at radius 2 is 1.77 bits per heavy atom. The molecule has 9 nitrogen and oxygen atoms in total. The lowest BCUT2D eigenvalue weighted by atomic mass is 9.94. The van der Waals surface area contributed by atoms with E-state index in [1.165, 1.54) is 26.6 Å². The lowest BCUT2D eigenvalue weighted by Crippen LogP contribution is -2.44. The Kier molecular flexibility index (Phi) is 8.41. The number of ether oxygens (including phenoxy) is 1. The highest BCUT2D eigenvalue weighted by molar-refractivity contribution is 6.34. The highest BCUT2D eigenvalue weighted by atomic mass is 35.5. The fraction of sp³-hybridized carbons (Fsp3) is 0.419. The number of carbonyl (C=O) groups is 3. The van der Waals surface area contributed by atoms with Crippen LogP contribution < -0.4 is 5.32 Å². The zero-order valence-electron chi connectivity index (χ0n) is 25.0. The van der Waals surface area contributed by atoms with Crippen LogP contribution in [0.4, 0.5) is 18.0 Å². The molecule has 0 radical (unpaired) electrons. The molecule has 3 amide bonds. The van der Waals surface area contributed by atoms with Gasteiger partial charge in [-0.1, -0.05) is 11.6 Å². The number of nitrogens with one attached hydrogen (secondary N) is 1. The molecule has 1 N–H and O–H groups in total. The first-order valence-electron chi connectivity index (χ1n) is 14.2. The van der Waals surface area contributed by atoms with Crippen LogP contribution in [0, 0.1) is 17.5 Å². The average Bonchev–Trinajstić information content (AvgIpc) is 3.49. The first-order chi connectivity index (χ1) is 20.6. The minimum absolute atomic E-state index is 0.0304. The standard InChI is InChI=1S/C31H33ClF3N5O4/c1-16-27-23(28(38(5)37-27)17-8-19(33)11-20(34)9-17)6-7-39(16)29(42)24-12-21(35)10-18(26(24)32)15-40(22-13-25(41)36-14-22)30(43)44-31(2,3)4/h8-12,16,22H,6-7,13-15H2,1-5H3,(H,36,41). The summed E-state index contributed by atoms with van der Waals surface area (Å²) in [6.07, 6.45) is -0.324. The smallest absolute Gasteiger partial charge is 0.410 e. The summed E-state index contributed by atoms with van der Waals surface area (Å²) >= 11 is 6.73. The molecule has 2 aliphatic rings. The number of benzene rings is 2. The van der Waals surface area contributed by atoms with Gasteiger partial charge in [0.1, 0.15) is 23.1 Å². The predicted molar refractivity (Wildman–Crippen MR) is 156 cm³/mol. The number of amides is 3. The monoisotopic (exact) mass is 631 g/mol. The second-order valence-electron chi connectivity index (χ2n) is 12.1. The Bertz CT molecular complexity index is 1630. The second-order valence-corrected chi connectivity index (χ2v) is 12.5. The molecule has 0 spiro atoms. The summed E-state index contributed by atoms with van der Waals surface area (Å²) < 4.78 is 50.1. The van der Waals surface area contributed by atoms with Crippen molar-refractivity contribution in [1.29, 1.82) is 0 Å². The van der Waals surface area contributed by atoms with Crippen LogP contribution in [0.15, 0.2) is 30.3 Å². The highest BCUT2D eigenvalue weighted by Crippen LogP contribution is 2.37.